The van der Waals surface area contributed by atoms with Gasteiger partial charge in [-0.3, -0.25) is 0 Å². The van der Waals surface area contributed by atoms with Gasteiger partial charge >= 0.3 is 0 Å². The summed E-state index contributed by atoms with van der Waals surface area (Å²) in [6.45, 7) is 4.58. The first-order valence-corrected chi connectivity index (χ1v) is 7.33. The molecule has 0 saturated heterocycles. The van der Waals surface area contributed by atoms with Gasteiger partial charge < -0.3 is 15.4 Å². The van der Waals surface area contributed by atoms with Crippen molar-refractivity contribution in [2.45, 2.75) is 25.7 Å². The van der Waals surface area contributed by atoms with E-state index in [0.29, 0.717) is 0 Å². The fourth-order valence-corrected chi connectivity index (χ4v) is 1.92. The zero-order valence-electron chi connectivity index (χ0n) is 12.2. The lowest BCUT2D eigenvalue weighted by Crippen LogP contribution is -2.25. The van der Waals surface area contributed by atoms with Crippen LogP contribution in [0.2, 0.25) is 0 Å². The van der Waals surface area contributed by atoms with Crippen molar-refractivity contribution in [3.05, 3.63) is 35.9 Å². The molecule has 0 bridgehead atoms. The van der Waals surface area contributed by atoms with Crippen LogP contribution in [0.15, 0.2) is 30.3 Å². The molecule has 19 heavy (non-hydrogen) atoms. The monoisotopic (exact) mass is 264 g/mol. The lowest BCUT2D eigenvalue weighted by Gasteiger charge is -2.16. The highest BCUT2D eigenvalue weighted by Gasteiger charge is 1.99. The van der Waals surface area contributed by atoms with Crippen LogP contribution in [0.3, 0.4) is 0 Å². The number of benzene rings is 1. The molecule has 1 rings (SSSR count). The van der Waals surface area contributed by atoms with Crippen LogP contribution in [0.1, 0.15) is 24.8 Å². The first-order chi connectivity index (χ1) is 9.33. The van der Waals surface area contributed by atoms with E-state index in [1.54, 1.807) is 0 Å². The predicted octanol–water partition coefficient (Wildman–Crippen LogP) is 2.31. The molecule has 0 spiro atoms. The van der Waals surface area contributed by atoms with Gasteiger partial charge in [0.05, 0.1) is 6.61 Å². The Hall–Kier alpha value is -0.900. The van der Waals surface area contributed by atoms with Gasteiger partial charge in [0, 0.05) is 19.7 Å². The molecule has 0 aliphatic carbocycles. The number of hydrogen-bond acceptors (Lipinski definition) is 3. The van der Waals surface area contributed by atoms with Gasteiger partial charge in [0.25, 0.3) is 0 Å². The second kappa shape index (κ2) is 11.0. The van der Waals surface area contributed by atoms with Crippen molar-refractivity contribution in [1.82, 2.24) is 4.90 Å². The molecule has 0 aliphatic heterocycles. The van der Waals surface area contributed by atoms with Crippen molar-refractivity contribution >= 4 is 0 Å². The summed E-state index contributed by atoms with van der Waals surface area (Å²) in [5.74, 6) is 0. The third-order valence-electron chi connectivity index (χ3n) is 3.24. The van der Waals surface area contributed by atoms with E-state index in [0.717, 1.165) is 52.1 Å². The predicted molar refractivity (Wildman–Crippen MR) is 81.4 cm³/mol. The van der Waals surface area contributed by atoms with Gasteiger partial charge in [-0.05, 0) is 44.8 Å². The molecule has 0 atom stereocenters. The molecule has 2 N–H and O–H groups in total. The smallest absolute Gasteiger partial charge is 0.0593 e. The van der Waals surface area contributed by atoms with Crippen LogP contribution in [0, 0.1) is 0 Å². The zero-order chi connectivity index (χ0) is 13.8. The maximum Gasteiger partial charge on any atom is 0.0593 e. The van der Waals surface area contributed by atoms with Crippen molar-refractivity contribution in [2.75, 3.05) is 39.9 Å². The van der Waals surface area contributed by atoms with E-state index in [2.05, 4.69) is 42.3 Å². The van der Waals surface area contributed by atoms with E-state index in [1.165, 1.54) is 12.0 Å². The van der Waals surface area contributed by atoms with Crippen LogP contribution in [-0.2, 0) is 11.2 Å². The summed E-state index contributed by atoms with van der Waals surface area (Å²) in [6, 6.07) is 10.6. The second-order valence-electron chi connectivity index (χ2n) is 5.00. The van der Waals surface area contributed by atoms with Crippen molar-refractivity contribution in [2.24, 2.45) is 5.73 Å². The average molecular weight is 264 g/mol. The maximum absolute atomic E-state index is 5.62. The Kier molecular flexibility index (Phi) is 9.33. The number of nitrogens with zero attached hydrogens (tertiary/aromatic N) is 1. The van der Waals surface area contributed by atoms with Crippen molar-refractivity contribution in [3.8, 4) is 0 Å². The van der Waals surface area contributed by atoms with Crippen LogP contribution in [0.5, 0.6) is 0 Å². The quantitative estimate of drug-likeness (QED) is 0.623. The van der Waals surface area contributed by atoms with Crippen molar-refractivity contribution in [1.29, 1.82) is 0 Å². The highest BCUT2D eigenvalue weighted by atomic mass is 16.5. The number of likely N-dealkylation sites (N-methyl/N-ethyl adjacent to an activating group) is 1. The third kappa shape index (κ3) is 8.76. The molecule has 0 aromatic heterocycles. The molecule has 0 amide bonds. The lowest BCUT2D eigenvalue weighted by molar-refractivity contribution is 0.108. The summed E-state index contributed by atoms with van der Waals surface area (Å²) in [4.78, 5) is 2.33. The molecule has 0 saturated carbocycles. The Morgan fingerprint density at radius 1 is 1.00 bits per heavy atom. The minimum atomic E-state index is 0.794. The summed E-state index contributed by atoms with van der Waals surface area (Å²) >= 11 is 0. The number of nitrogens with two attached hydrogens (primary N) is 1. The first kappa shape index (κ1) is 16.2. The molecule has 1 aromatic carbocycles. The summed E-state index contributed by atoms with van der Waals surface area (Å²) < 4.78 is 5.62. The van der Waals surface area contributed by atoms with E-state index in [9.17, 15) is 0 Å². The number of hydrogen-bond donors (Lipinski definition) is 1. The summed E-state index contributed by atoms with van der Waals surface area (Å²) in [7, 11) is 2.15. The molecule has 3 heteroatoms. The molecule has 108 valence electrons. The molecular formula is C16H28N2O. The Morgan fingerprint density at radius 3 is 2.53 bits per heavy atom. The second-order valence-corrected chi connectivity index (χ2v) is 5.00. The number of unbranched alkanes of at least 4 members (excludes halogenated alkanes) is 2. The third-order valence-corrected chi connectivity index (χ3v) is 3.24. The van der Waals surface area contributed by atoms with E-state index >= 15 is 0 Å². The van der Waals surface area contributed by atoms with Crippen LogP contribution >= 0.6 is 0 Å². The summed E-state index contributed by atoms with van der Waals surface area (Å²) in [5.41, 5.74) is 6.84. The zero-order valence-corrected chi connectivity index (χ0v) is 12.2. The fraction of sp³-hybridized carbons (Fsp3) is 0.625. The van der Waals surface area contributed by atoms with E-state index in [1.807, 2.05) is 0 Å². The van der Waals surface area contributed by atoms with Gasteiger partial charge in [-0.15, -0.1) is 0 Å². The van der Waals surface area contributed by atoms with Gasteiger partial charge in [-0.1, -0.05) is 30.3 Å². The molecule has 1 aromatic rings. The highest BCUT2D eigenvalue weighted by Crippen LogP contribution is 2.00. The standard InChI is InChI=1S/C16H28N2O/c1-18(12-10-16-8-4-2-5-9-16)13-15-19-14-7-3-6-11-17/h2,4-5,8-9H,3,6-7,10-15,17H2,1H3. The molecule has 0 aliphatic rings. The minimum Gasteiger partial charge on any atom is -0.380 e. The van der Waals surface area contributed by atoms with Crippen molar-refractivity contribution < 1.29 is 4.74 Å². The molecule has 0 radical (unpaired) electrons. The minimum absolute atomic E-state index is 0.794. The SMILES string of the molecule is CN(CCOCCCCCN)CCc1ccccc1. The number of ether oxygens (including phenoxy) is 1. The van der Waals surface area contributed by atoms with E-state index in [-0.39, 0.29) is 0 Å². The normalized spacial score (nSPS) is 11.1. The summed E-state index contributed by atoms with van der Waals surface area (Å²) in [6.07, 6.45) is 4.53. The first-order valence-electron chi connectivity index (χ1n) is 7.33. The van der Waals surface area contributed by atoms with Gasteiger partial charge in [-0.2, -0.15) is 0 Å². The fourth-order valence-electron chi connectivity index (χ4n) is 1.92. The Bertz CT molecular complexity index is 303. The molecule has 0 fully saturated rings. The number of rotatable bonds is 11. The Morgan fingerprint density at radius 2 is 1.79 bits per heavy atom. The Labute approximate surface area is 117 Å². The van der Waals surface area contributed by atoms with E-state index in [4.69, 9.17) is 10.5 Å². The average Bonchev–Trinajstić information content (AvgIpc) is 2.45. The molecule has 0 heterocycles. The van der Waals surface area contributed by atoms with Crippen molar-refractivity contribution in [3.63, 3.8) is 0 Å². The summed E-state index contributed by atoms with van der Waals surface area (Å²) in [5, 5.41) is 0. The van der Waals surface area contributed by atoms with Gasteiger partial charge in [0.15, 0.2) is 0 Å². The van der Waals surface area contributed by atoms with Crippen LogP contribution in [0.25, 0.3) is 0 Å². The highest BCUT2D eigenvalue weighted by molar-refractivity contribution is 5.14. The molecule has 0 unspecified atom stereocenters. The van der Waals surface area contributed by atoms with Gasteiger partial charge in [-0.25, -0.2) is 0 Å². The van der Waals surface area contributed by atoms with E-state index < -0.39 is 0 Å². The molecule has 3 nitrogen and oxygen atoms in total. The van der Waals surface area contributed by atoms with Crippen LogP contribution in [0.4, 0.5) is 0 Å². The lowest BCUT2D eigenvalue weighted by atomic mass is 10.1. The Balaban J connectivity index is 1.95. The van der Waals surface area contributed by atoms with Crippen LogP contribution in [-0.4, -0.2) is 44.8 Å². The van der Waals surface area contributed by atoms with Crippen LogP contribution < -0.4 is 5.73 Å². The molecular weight excluding hydrogens is 236 g/mol. The van der Waals surface area contributed by atoms with Gasteiger partial charge in [0.2, 0.25) is 0 Å². The topological polar surface area (TPSA) is 38.5 Å². The largest absolute Gasteiger partial charge is 0.380 e. The van der Waals surface area contributed by atoms with Gasteiger partial charge in [0.1, 0.15) is 0 Å². The maximum atomic E-state index is 5.62.